The van der Waals surface area contributed by atoms with Crippen LogP contribution in [0.5, 0.6) is 11.5 Å². The summed E-state index contributed by atoms with van der Waals surface area (Å²) in [6, 6.07) is 9.64. The predicted octanol–water partition coefficient (Wildman–Crippen LogP) is 3.44. The van der Waals surface area contributed by atoms with Crippen molar-refractivity contribution in [2.45, 2.75) is 12.8 Å². The summed E-state index contributed by atoms with van der Waals surface area (Å²) in [5.41, 5.74) is 2.13. The van der Waals surface area contributed by atoms with Gasteiger partial charge in [0.25, 0.3) is 5.91 Å². The summed E-state index contributed by atoms with van der Waals surface area (Å²) >= 11 is 0. The summed E-state index contributed by atoms with van der Waals surface area (Å²) in [5, 5.41) is 0. The summed E-state index contributed by atoms with van der Waals surface area (Å²) in [6.45, 7) is 0.573. The number of ether oxygens (including phenoxy) is 2. The number of nitrogens with zero attached hydrogens (tertiary/aromatic N) is 1. The van der Waals surface area contributed by atoms with Crippen LogP contribution < -0.4 is 14.4 Å². The Balaban J connectivity index is 1.97. The van der Waals surface area contributed by atoms with Crippen molar-refractivity contribution >= 4 is 11.6 Å². The molecule has 0 N–H and O–H groups in total. The molecule has 1 aliphatic rings. The van der Waals surface area contributed by atoms with Gasteiger partial charge in [0, 0.05) is 12.1 Å². The Labute approximate surface area is 134 Å². The first-order chi connectivity index (χ1) is 11.1. The van der Waals surface area contributed by atoms with Crippen molar-refractivity contribution in [2.24, 2.45) is 0 Å². The van der Waals surface area contributed by atoms with E-state index in [-0.39, 0.29) is 11.7 Å². The average molecular weight is 315 g/mol. The van der Waals surface area contributed by atoms with Crippen molar-refractivity contribution in [3.8, 4) is 11.5 Å². The Kier molecular flexibility index (Phi) is 4.19. The largest absolute Gasteiger partial charge is 0.493 e. The molecule has 0 saturated carbocycles. The molecule has 3 rings (SSSR count). The van der Waals surface area contributed by atoms with E-state index in [0.717, 1.165) is 18.4 Å². The van der Waals surface area contributed by atoms with E-state index in [1.54, 1.807) is 36.3 Å². The maximum atomic E-state index is 13.6. The van der Waals surface area contributed by atoms with E-state index in [1.165, 1.54) is 19.2 Å². The predicted molar refractivity (Wildman–Crippen MR) is 85.9 cm³/mol. The summed E-state index contributed by atoms with van der Waals surface area (Å²) < 4.78 is 24.0. The van der Waals surface area contributed by atoms with Gasteiger partial charge in [-0.2, -0.15) is 0 Å². The summed E-state index contributed by atoms with van der Waals surface area (Å²) in [5.74, 6) is 0.553. The molecule has 2 aromatic rings. The molecule has 0 bridgehead atoms. The SMILES string of the molecule is COc1ccc(C(=O)N2CCCc3ccc(F)cc32)cc1OC. The van der Waals surface area contributed by atoms with Gasteiger partial charge < -0.3 is 14.4 Å². The molecule has 0 atom stereocenters. The van der Waals surface area contributed by atoms with Crippen molar-refractivity contribution in [1.29, 1.82) is 0 Å². The number of fused-ring (bicyclic) bond motifs is 1. The number of aryl methyl sites for hydroxylation is 1. The number of carbonyl (C=O) groups is 1. The fourth-order valence-electron chi connectivity index (χ4n) is 2.88. The van der Waals surface area contributed by atoms with Crippen LogP contribution in [0.2, 0.25) is 0 Å². The molecule has 0 unspecified atom stereocenters. The number of rotatable bonds is 3. The number of amides is 1. The lowest BCUT2D eigenvalue weighted by Crippen LogP contribution is -2.35. The monoisotopic (exact) mass is 315 g/mol. The molecule has 0 spiro atoms. The van der Waals surface area contributed by atoms with Gasteiger partial charge >= 0.3 is 0 Å². The Morgan fingerprint density at radius 3 is 2.61 bits per heavy atom. The van der Waals surface area contributed by atoms with Crippen molar-refractivity contribution in [1.82, 2.24) is 0 Å². The summed E-state index contributed by atoms with van der Waals surface area (Å²) in [6.07, 6.45) is 1.71. The lowest BCUT2D eigenvalue weighted by Gasteiger charge is -2.29. The van der Waals surface area contributed by atoms with Crippen molar-refractivity contribution < 1.29 is 18.7 Å². The molecule has 120 valence electrons. The molecule has 0 saturated heterocycles. The van der Waals surface area contributed by atoms with Gasteiger partial charge in [0.2, 0.25) is 0 Å². The van der Waals surface area contributed by atoms with Crippen LogP contribution in [-0.4, -0.2) is 26.7 Å². The minimum absolute atomic E-state index is 0.169. The molecule has 2 aromatic carbocycles. The zero-order chi connectivity index (χ0) is 16.4. The molecule has 1 heterocycles. The van der Waals surface area contributed by atoms with Crippen molar-refractivity contribution in [3.63, 3.8) is 0 Å². The van der Waals surface area contributed by atoms with Gasteiger partial charge in [0.15, 0.2) is 11.5 Å². The average Bonchev–Trinajstić information content (AvgIpc) is 2.59. The Morgan fingerprint density at radius 1 is 1.09 bits per heavy atom. The van der Waals surface area contributed by atoms with Crippen LogP contribution in [0.4, 0.5) is 10.1 Å². The summed E-state index contributed by atoms with van der Waals surface area (Å²) in [7, 11) is 3.07. The maximum Gasteiger partial charge on any atom is 0.258 e. The van der Waals surface area contributed by atoms with E-state index in [0.29, 0.717) is 29.3 Å². The van der Waals surface area contributed by atoms with Crippen molar-refractivity contribution in [3.05, 3.63) is 53.3 Å². The third-order valence-corrected chi connectivity index (χ3v) is 4.04. The van der Waals surface area contributed by atoms with Gasteiger partial charge in [-0.15, -0.1) is 0 Å². The van der Waals surface area contributed by atoms with E-state index in [4.69, 9.17) is 9.47 Å². The molecule has 0 aliphatic carbocycles. The fourth-order valence-corrected chi connectivity index (χ4v) is 2.88. The molecule has 0 aromatic heterocycles. The second-order valence-corrected chi connectivity index (χ2v) is 5.40. The van der Waals surface area contributed by atoms with E-state index in [1.807, 2.05) is 0 Å². The molecule has 1 amide bonds. The second-order valence-electron chi connectivity index (χ2n) is 5.40. The van der Waals surface area contributed by atoms with Gasteiger partial charge in [-0.3, -0.25) is 4.79 Å². The molecular weight excluding hydrogens is 297 g/mol. The van der Waals surface area contributed by atoms with Crippen LogP contribution in [-0.2, 0) is 6.42 Å². The van der Waals surface area contributed by atoms with Crippen LogP contribution in [0.3, 0.4) is 0 Å². The van der Waals surface area contributed by atoms with Gasteiger partial charge in [-0.25, -0.2) is 4.39 Å². The highest BCUT2D eigenvalue weighted by Gasteiger charge is 2.24. The van der Waals surface area contributed by atoms with E-state index < -0.39 is 0 Å². The molecule has 1 aliphatic heterocycles. The molecular formula is C18H18FNO3. The lowest BCUT2D eigenvalue weighted by atomic mass is 10.0. The first-order valence-corrected chi connectivity index (χ1v) is 7.46. The minimum Gasteiger partial charge on any atom is -0.493 e. The first-order valence-electron chi connectivity index (χ1n) is 7.46. The fraction of sp³-hybridized carbons (Fsp3) is 0.278. The third-order valence-electron chi connectivity index (χ3n) is 4.04. The summed E-state index contributed by atoms with van der Waals surface area (Å²) in [4.78, 5) is 14.5. The highest BCUT2D eigenvalue weighted by molar-refractivity contribution is 6.07. The number of carbonyl (C=O) groups excluding carboxylic acids is 1. The smallest absolute Gasteiger partial charge is 0.258 e. The number of hydrogen-bond donors (Lipinski definition) is 0. The highest BCUT2D eigenvalue weighted by atomic mass is 19.1. The first kappa shape index (κ1) is 15.3. The number of halogens is 1. The standard InChI is InChI=1S/C18H18FNO3/c1-22-16-8-6-13(10-17(16)23-2)18(21)20-9-3-4-12-5-7-14(19)11-15(12)20/h5-8,10-11H,3-4,9H2,1-2H3. The van der Waals surface area contributed by atoms with Crippen LogP contribution >= 0.6 is 0 Å². The zero-order valence-electron chi connectivity index (χ0n) is 13.1. The lowest BCUT2D eigenvalue weighted by molar-refractivity contribution is 0.0984. The topological polar surface area (TPSA) is 38.8 Å². The van der Waals surface area contributed by atoms with Gasteiger partial charge in [-0.05, 0) is 48.7 Å². The van der Waals surface area contributed by atoms with Crippen LogP contribution in [0.1, 0.15) is 22.3 Å². The Bertz CT molecular complexity index is 745. The van der Waals surface area contributed by atoms with E-state index >= 15 is 0 Å². The Hall–Kier alpha value is -2.56. The number of methoxy groups -OCH3 is 2. The normalized spacial score (nSPS) is 13.4. The van der Waals surface area contributed by atoms with Crippen LogP contribution in [0.15, 0.2) is 36.4 Å². The quantitative estimate of drug-likeness (QED) is 0.871. The maximum absolute atomic E-state index is 13.6. The zero-order valence-corrected chi connectivity index (χ0v) is 13.1. The van der Waals surface area contributed by atoms with Gasteiger partial charge in [0.1, 0.15) is 5.82 Å². The second kappa shape index (κ2) is 6.28. The number of hydrogen-bond acceptors (Lipinski definition) is 3. The molecule has 23 heavy (non-hydrogen) atoms. The third kappa shape index (κ3) is 2.86. The minimum atomic E-state index is -0.337. The molecule has 0 fully saturated rings. The van der Waals surface area contributed by atoms with E-state index in [2.05, 4.69) is 0 Å². The Morgan fingerprint density at radius 2 is 1.87 bits per heavy atom. The number of benzene rings is 2. The highest BCUT2D eigenvalue weighted by Crippen LogP contribution is 2.32. The molecule has 4 nitrogen and oxygen atoms in total. The van der Waals surface area contributed by atoms with Gasteiger partial charge in [0.05, 0.1) is 19.9 Å². The molecule has 5 heteroatoms. The van der Waals surface area contributed by atoms with Crippen molar-refractivity contribution in [2.75, 3.05) is 25.7 Å². The molecule has 0 radical (unpaired) electrons. The number of anilines is 1. The van der Waals surface area contributed by atoms with Crippen LogP contribution in [0.25, 0.3) is 0 Å². The van der Waals surface area contributed by atoms with Gasteiger partial charge in [-0.1, -0.05) is 6.07 Å². The van der Waals surface area contributed by atoms with E-state index in [9.17, 15) is 9.18 Å². The van der Waals surface area contributed by atoms with Crippen LogP contribution in [0, 0.1) is 5.82 Å².